The van der Waals surface area contributed by atoms with Crippen LogP contribution in [0.15, 0.2) is 60.9 Å². The van der Waals surface area contributed by atoms with Crippen LogP contribution in [0, 0.1) is 0 Å². The first-order valence-electron chi connectivity index (χ1n) is 6.53. The lowest BCUT2D eigenvalue weighted by Crippen LogP contribution is -1.85. The number of anilines is 1. The molecule has 0 fully saturated rings. The number of nitrogens with zero attached hydrogens (tertiary/aromatic N) is 1. The Labute approximate surface area is 116 Å². The van der Waals surface area contributed by atoms with Gasteiger partial charge in [0.25, 0.3) is 0 Å². The maximum absolute atomic E-state index is 5.85. The summed E-state index contributed by atoms with van der Waals surface area (Å²) in [6.07, 6.45) is 3.70. The van der Waals surface area contributed by atoms with Crippen molar-refractivity contribution in [1.82, 2.24) is 9.97 Å². The molecule has 2 aromatic heterocycles. The predicted octanol–water partition coefficient (Wildman–Crippen LogP) is 3.97. The number of benzene rings is 2. The van der Waals surface area contributed by atoms with E-state index in [4.69, 9.17) is 5.73 Å². The minimum atomic E-state index is 0.781. The first kappa shape index (κ1) is 11.1. The van der Waals surface area contributed by atoms with Gasteiger partial charge in [-0.25, -0.2) is 0 Å². The second-order valence-corrected chi connectivity index (χ2v) is 4.93. The van der Waals surface area contributed by atoms with Crippen LogP contribution in [0.3, 0.4) is 0 Å². The van der Waals surface area contributed by atoms with Gasteiger partial charge in [-0.2, -0.15) is 0 Å². The van der Waals surface area contributed by atoms with E-state index in [0.29, 0.717) is 0 Å². The summed E-state index contributed by atoms with van der Waals surface area (Å²) in [5, 5.41) is 2.35. The molecule has 0 aliphatic heterocycles. The number of hydrogen-bond acceptors (Lipinski definition) is 2. The zero-order valence-corrected chi connectivity index (χ0v) is 10.8. The molecule has 0 amide bonds. The normalized spacial score (nSPS) is 11.2. The van der Waals surface area contributed by atoms with E-state index < -0.39 is 0 Å². The third kappa shape index (κ3) is 1.64. The van der Waals surface area contributed by atoms with Gasteiger partial charge in [-0.1, -0.05) is 24.3 Å². The number of nitrogens with two attached hydrogens (primary N) is 1. The maximum Gasteiger partial charge on any atom is 0.0495 e. The van der Waals surface area contributed by atoms with Crippen molar-refractivity contribution in [3.63, 3.8) is 0 Å². The van der Waals surface area contributed by atoms with Crippen molar-refractivity contribution in [2.24, 2.45) is 0 Å². The summed E-state index contributed by atoms with van der Waals surface area (Å²) in [7, 11) is 0. The smallest absolute Gasteiger partial charge is 0.0495 e. The molecule has 0 unspecified atom stereocenters. The quantitative estimate of drug-likeness (QED) is 0.508. The zero-order chi connectivity index (χ0) is 13.5. The summed E-state index contributed by atoms with van der Waals surface area (Å²) >= 11 is 0. The van der Waals surface area contributed by atoms with E-state index in [2.05, 4.69) is 34.2 Å². The molecule has 0 bridgehead atoms. The summed E-state index contributed by atoms with van der Waals surface area (Å²) in [4.78, 5) is 7.62. The number of fused-ring (bicyclic) bond motifs is 3. The van der Waals surface area contributed by atoms with Crippen molar-refractivity contribution in [3.8, 4) is 11.1 Å². The van der Waals surface area contributed by atoms with E-state index in [0.717, 1.165) is 33.2 Å². The molecule has 20 heavy (non-hydrogen) atoms. The summed E-state index contributed by atoms with van der Waals surface area (Å²) < 4.78 is 0. The Hall–Kier alpha value is -2.81. The highest BCUT2D eigenvalue weighted by molar-refractivity contribution is 6.07. The van der Waals surface area contributed by atoms with Crippen molar-refractivity contribution in [2.75, 3.05) is 5.73 Å². The van der Waals surface area contributed by atoms with Crippen LogP contribution in [-0.2, 0) is 0 Å². The van der Waals surface area contributed by atoms with Crippen molar-refractivity contribution in [3.05, 3.63) is 60.9 Å². The van der Waals surface area contributed by atoms with E-state index in [1.54, 1.807) is 6.20 Å². The van der Waals surface area contributed by atoms with E-state index in [9.17, 15) is 0 Å². The van der Waals surface area contributed by atoms with E-state index >= 15 is 0 Å². The van der Waals surface area contributed by atoms with Gasteiger partial charge in [0.2, 0.25) is 0 Å². The number of aromatic nitrogens is 2. The third-order valence-electron chi connectivity index (χ3n) is 3.62. The fraction of sp³-hybridized carbons (Fsp3) is 0. The van der Waals surface area contributed by atoms with Crippen LogP contribution < -0.4 is 5.73 Å². The highest BCUT2D eigenvalue weighted by atomic mass is 14.7. The van der Waals surface area contributed by atoms with Gasteiger partial charge in [0.1, 0.15) is 0 Å². The lowest BCUT2D eigenvalue weighted by Gasteiger charge is -2.03. The lowest BCUT2D eigenvalue weighted by molar-refractivity contribution is 1.36. The Balaban J connectivity index is 1.97. The first-order valence-corrected chi connectivity index (χ1v) is 6.53. The lowest BCUT2D eigenvalue weighted by atomic mass is 10.0. The van der Waals surface area contributed by atoms with Gasteiger partial charge in [-0.05, 0) is 35.4 Å². The van der Waals surface area contributed by atoms with Gasteiger partial charge in [-0.15, -0.1) is 0 Å². The molecule has 96 valence electrons. The predicted molar refractivity (Wildman–Crippen MR) is 83.4 cm³/mol. The number of H-pyrrole nitrogens is 1. The van der Waals surface area contributed by atoms with E-state index in [1.165, 1.54) is 5.39 Å². The van der Waals surface area contributed by atoms with Crippen molar-refractivity contribution < 1.29 is 0 Å². The molecule has 0 spiro atoms. The van der Waals surface area contributed by atoms with Crippen LogP contribution in [-0.4, -0.2) is 9.97 Å². The molecule has 0 saturated carbocycles. The average Bonchev–Trinajstić information content (AvgIpc) is 2.85. The van der Waals surface area contributed by atoms with Crippen LogP contribution in [0.25, 0.3) is 32.9 Å². The number of rotatable bonds is 1. The molecule has 3 N–H and O–H groups in total. The average molecular weight is 259 g/mol. The van der Waals surface area contributed by atoms with Crippen LogP contribution >= 0.6 is 0 Å². The van der Waals surface area contributed by atoms with Gasteiger partial charge in [0.15, 0.2) is 0 Å². The summed E-state index contributed by atoms with van der Waals surface area (Å²) in [6, 6.07) is 16.3. The topological polar surface area (TPSA) is 54.7 Å². The summed E-state index contributed by atoms with van der Waals surface area (Å²) in [5.41, 5.74) is 11.1. The van der Waals surface area contributed by atoms with Crippen molar-refractivity contribution in [2.45, 2.75) is 0 Å². The first-order chi connectivity index (χ1) is 9.81. The monoisotopic (exact) mass is 259 g/mol. The maximum atomic E-state index is 5.85. The molecule has 4 aromatic rings. The number of aromatic amines is 1. The van der Waals surface area contributed by atoms with Gasteiger partial charge in [-0.3, -0.25) is 4.98 Å². The second-order valence-electron chi connectivity index (χ2n) is 4.93. The Bertz CT molecular complexity index is 922. The highest BCUT2D eigenvalue weighted by Crippen LogP contribution is 2.29. The third-order valence-corrected chi connectivity index (χ3v) is 3.62. The highest BCUT2D eigenvalue weighted by Gasteiger charge is 2.06. The standard InChI is InChI=1S/C17H13N3/c18-13-3-1-2-11(8-13)12-4-5-14-15-10-19-7-6-16(15)20-17(14)9-12/h1-10,20H,18H2. The molecule has 0 atom stereocenters. The van der Waals surface area contributed by atoms with Gasteiger partial charge >= 0.3 is 0 Å². The van der Waals surface area contributed by atoms with Gasteiger partial charge in [0.05, 0.1) is 0 Å². The number of nitrogen functional groups attached to an aromatic ring is 1. The van der Waals surface area contributed by atoms with Crippen LogP contribution in [0.5, 0.6) is 0 Å². The molecule has 2 heterocycles. The SMILES string of the molecule is Nc1cccc(-c2ccc3c(c2)[nH]c2ccncc23)c1. The fourth-order valence-corrected chi connectivity index (χ4v) is 2.64. The van der Waals surface area contributed by atoms with Gasteiger partial charge in [0, 0.05) is 39.9 Å². The molecular weight excluding hydrogens is 246 g/mol. The van der Waals surface area contributed by atoms with Crippen molar-refractivity contribution in [1.29, 1.82) is 0 Å². The molecule has 0 aliphatic rings. The van der Waals surface area contributed by atoms with Crippen LogP contribution in [0.2, 0.25) is 0 Å². The Morgan fingerprint density at radius 1 is 0.850 bits per heavy atom. The molecule has 3 nitrogen and oxygen atoms in total. The Kier molecular flexibility index (Phi) is 2.27. The molecule has 0 radical (unpaired) electrons. The number of hydrogen-bond donors (Lipinski definition) is 2. The van der Waals surface area contributed by atoms with Crippen molar-refractivity contribution >= 4 is 27.5 Å². The summed E-state index contributed by atoms with van der Waals surface area (Å²) in [6.45, 7) is 0. The largest absolute Gasteiger partial charge is 0.399 e. The molecule has 0 saturated heterocycles. The molecule has 4 rings (SSSR count). The van der Waals surface area contributed by atoms with Crippen LogP contribution in [0.1, 0.15) is 0 Å². The van der Waals surface area contributed by atoms with E-state index in [-0.39, 0.29) is 0 Å². The fourth-order valence-electron chi connectivity index (χ4n) is 2.64. The Morgan fingerprint density at radius 2 is 1.75 bits per heavy atom. The summed E-state index contributed by atoms with van der Waals surface area (Å²) in [5.74, 6) is 0. The van der Waals surface area contributed by atoms with Crippen LogP contribution in [0.4, 0.5) is 5.69 Å². The second kappa shape index (κ2) is 4.10. The Morgan fingerprint density at radius 3 is 2.65 bits per heavy atom. The molecule has 3 heteroatoms. The van der Waals surface area contributed by atoms with Gasteiger partial charge < -0.3 is 10.7 Å². The molecular formula is C17H13N3. The van der Waals surface area contributed by atoms with E-state index in [1.807, 2.05) is 30.5 Å². The molecule has 0 aliphatic carbocycles. The number of nitrogens with one attached hydrogen (secondary N) is 1. The minimum absolute atomic E-state index is 0.781. The minimum Gasteiger partial charge on any atom is -0.399 e. The number of pyridine rings is 1. The zero-order valence-electron chi connectivity index (χ0n) is 10.8. The molecule has 2 aromatic carbocycles.